The van der Waals surface area contributed by atoms with Gasteiger partial charge in [0.15, 0.2) is 0 Å². The van der Waals surface area contributed by atoms with Gasteiger partial charge in [0.25, 0.3) is 0 Å². The molecule has 0 aliphatic carbocycles. The van der Waals surface area contributed by atoms with Crippen LogP contribution in [0.4, 0.5) is 0 Å². The molecule has 0 spiro atoms. The van der Waals surface area contributed by atoms with Crippen LogP contribution in [0.5, 0.6) is 5.75 Å². The van der Waals surface area contributed by atoms with Crippen molar-refractivity contribution in [3.05, 3.63) is 53.3 Å². The van der Waals surface area contributed by atoms with Crippen molar-refractivity contribution in [1.82, 2.24) is 10.3 Å². The molecule has 0 radical (unpaired) electrons. The van der Waals surface area contributed by atoms with Crippen LogP contribution in [0, 0.1) is 6.92 Å². The number of pyridine rings is 1. The van der Waals surface area contributed by atoms with Crippen LogP contribution < -0.4 is 10.1 Å². The molecule has 3 nitrogen and oxygen atoms in total. The van der Waals surface area contributed by atoms with E-state index in [1.165, 1.54) is 10.5 Å². The summed E-state index contributed by atoms with van der Waals surface area (Å²) in [5.74, 6) is 1.72. The zero-order valence-corrected chi connectivity index (χ0v) is 13.0. The van der Waals surface area contributed by atoms with Crippen LogP contribution in [0.3, 0.4) is 0 Å². The first-order valence-corrected chi connectivity index (χ1v) is 7.57. The third-order valence-electron chi connectivity index (χ3n) is 2.91. The predicted molar refractivity (Wildman–Crippen MR) is 84.3 cm³/mol. The van der Waals surface area contributed by atoms with E-state index in [0.29, 0.717) is 0 Å². The second kappa shape index (κ2) is 7.31. The van der Waals surface area contributed by atoms with Gasteiger partial charge in [0.1, 0.15) is 5.75 Å². The molecule has 0 saturated heterocycles. The number of methoxy groups -OCH3 is 1. The van der Waals surface area contributed by atoms with Gasteiger partial charge in [-0.3, -0.25) is 4.98 Å². The van der Waals surface area contributed by atoms with Gasteiger partial charge in [-0.15, -0.1) is 11.8 Å². The van der Waals surface area contributed by atoms with Crippen molar-refractivity contribution in [3.8, 4) is 5.75 Å². The maximum absolute atomic E-state index is 5.27. The van der Waals surface area contributed by atoms with Crippen LogP contribution in [0.2, 0.25) is 0 Å². The Labute approximate surface area is 124 Å². The molecule has 0 bridgehead atoms. The molecule has 2 rings (SSSR count). The molecule has 1 heterocycles. The molecular formula is C16H20N2OS. The Hall–Kier alpha value is -1.52. The van der Waals surface area contributed by atoms with Gasteiger partial charge in [0.2, 0.25) is 0 Å². The normalized spacial score (nSPS) is 10.6. The summed E-state index contributed by atoms with van der Waals surface area (Å²) in [5.41, 5.74) is 3.34. The van der Waals surface area contributed by atoms with Crippen LogP contribution in [-0.4, -0.2) is 19.1 Å². The molecule has 0 aliphatic rings. The number of aryl methyl sites for hydroxylation is 1. The molecular weight excluding hydrogens is 268 g/mol. The van der Waals surface area contributed by atoms with Crippen LogP contribution in [0.15, 0.2) is 41.3 Å². The summed E-state index contributed by atoms with van der Waals surface area (Å²) in [7, 11) is 3.64. The number of thioether (sulfide) groups is 1. The third kappa shape index (κ3) is 4.25. The highest BCUT2D eigenvalue weighted by Gasteiger charge is 2.02. The average Bonchev–Trinajstić information content (AvgIpc) is 2.46. The van der Waals surface area contributed by atoms with Gasteiger partial charge >= 0.3 is 0 Å². The molecule has 0 atom stereocenters. The predicted octanol–water partition coefficient (Wildman–Crippen LogP) is 3.41. The van der Waals surface area contributed by atoms with Gasteiger partial charge in [0.05, 0.1) is 12.8 Å². The number of hydrogen-bond acceptors (Lipinski definition) is 4. The van der Waals surface area contributed by atoms with Crippen LogP contribution in [-0.2, 0) is 12.3 Å². The number of nitrogens with zero attached hydrogens (tertiary/aromatic N) is 1. The minimum atomic E-state index is 0.851. The summed E-state index contributed by atoms with van der Waals surface area (Å²) in [5, 5.41) is 3.15. The summed E-state index contributed by atoms with van der Waals surface area (Å²) in [6, 6.07) is 12.6. The maximum Gasteiger partial charge on any atom is 0.122 e. The summed E-state index contributed by atoms with van der Waals surface area (Å²) < 4.78 is 5.27. The summed E-state index contributed by atoms with van der Waals surface area (Å²) >= 11 is 1.79. The number of rotatable bonds is 6. The highest BCUT2D eigenvalue weighted by atomic mass is 32.2. The zero-order chi connectivity index (χ0) is 14.4. The monoisotopic (exact) mass is 288 g/mol. The van der Waals surface area contributed by atoms with Gasteiger partial charge in [-0.1, -0.05) is 12.1 Å². The lowest BCUT2D eigenvalue weighted by Crippen LogP contribution is -2.04. The number of hydrogen-bond donors (Lipinski definition) is 1. The topological polar surface area (TPSA) is 34.1 Å². The summed E-state index contributed by atoms with van der Waals surface area (Å²) in [6.45, 7) is 2.89. The van der Waals surface area contributed by atoms with Gasteiger partial charge in [-0.2, -0.15) is 0 Å². The fourth-order valence-corrected chi connectivity index (χ4v) is 2.75. The lowest BCUT2D eigenvalue weighted by molar-refractivity contribution is 0.413. The Kier molecular flexibility index (Phi) is 5.44. The lowest BCUT2D eigenvalue weighted by Gasteiger charge is -2.07. The second-order valence-corrected chi connectivity index (χ2v) is 5.65. The average molecular weight is 288 g/mol. The van der Waals surface area contributed by atoms with E-state index in [4.69, 9.17) is 4.74 Å². The Bertz CT molecular complexity index is 555. The van der Waals surface area contributed by atoms with Crippen molar-refractivity contribution >= 4 is 11.8 Å². The number of aromatic nitrogens is 1. The van der Waals surface area contributed by atoms with Crippen molar-refractivity contribution < 1.29 is 4.74 Å². The minimum Gasteiger partial charge on any atom is -0.497 e. The highest BCUT2D eigenvalue weighted by molar-refractivity contribution is 7.98. The first-order chi connectivity index (χ1) is 9.71. The Morgan fingerprint density at radius 2 is 1.95 bits per heavy atom. The van der Waals surface area contributed by atoms with E-state index >= 15 is 0 Å². The standard InChI is InChI=1S/C16H20N2OS/c1-12-8-15(19-3)9-14(18-12)11-20-16-6-4-13(5-7-16)10-17-2/h4-9,17H,10-11H2,1-3H3. The van der Waals surface area contributed by atoms with Crippen LogP contribution in [0.1, 0.15) is 17.0 Å². The van der Waals surface area contributed by atoms with E-state index in [-0.39, 0.29) is 0 Å². The first kappa shape index (κ1) is 14.9. The molecule has 20 heavy (non-hydrogen) atoms. The lowest BCUT2D eigenvalue weighted by atomic mass is 10.2. The largest absolute Gasteiger partial charge is 0.497 e. The van der Waals surface area contributed by atoms with Crippen molar-refractivity contribution in [2.75, 3.05) is 14.2 Å². The molecule has 0 fully saturated rings. The number of ether oxygens (including phenoxy) is 1. The number of nitrogens with one attached hydrogen (secondary N) is 1. The van der Waals surface area contributed by atoms with E-state index in [9.17, 15) is 0 Å². The Morgan fingerprint density at radius 1 is 1.20 bits per heavy atom. The first-order valence-electron chi connectivity index (χ1n) is 6.59. The second-order valence-electron chi connectivity index (χ2n) is 4.60. The minimum absolute atomic E-state index is 0.851. The van der Waals surface area contributed by atoms with E-state index in [0.717, 1.165) is 29.4 Å². The van der Waals surface area contributed by atoms with Crippen molar-refractivity contribution in [2.45, 2.75) is 24.1 Å². The van der Waals surface area contributed by atoms with Crippen LogP contribution in [0.25, 0.3) is 0 Å². The summed E-state index contributed by atoms with van der Waals surface area (Å²) in [4.78, 5) is 5.79. The fourth-order valence-electron chi connectivity index (χ4n) is 1.96. The molecule has 0 amide bonds. The van der Waals surface area contributed by atoms with Crippen LogP contribution >= 0.6 is 11.8 Å². The highest BCUT2D eigenvalue weighted by Crippen LogP contribution is 2.24. The molecule has 0 unspecified atom stereocenters. The fraction of sp³-hybridized carbons (Fsp3) is 0.312. The molecule has 4 heteroatoms. The third-order valence-corrected chi connectivity index (χ3v) is 3.95. The van der Waals surface area contributed by atoms with Crippen molar-refractivity contribution in [1.29, 1.82) is 0 Å². The SMILES string of the molecule is CNCc1ccc(SCc2cc(OC)cc(C)n2)cc1. The van der Waals surface area contributed by atoms with Gasteiger partial charge < -0.3 is 10.1 Å². The molecule has 0 aliphatic heterocycles. The maximum atomic E-state index is 5.27. The zero-order valence-electron chi connectivity index (χ0n) is 12.1. The van der Waals surface area contributed by atoms with E-state index in [1.807, 2.05) is 26.1 Å². The van der Waals surface area contributed by atoms with Gasteiger partial charge in [0, 0.05) is 35.0 Å². The van der Waals surface area contributed by atoms with E-state index in [2.05, 4.69) is 34.6 Å². The van der Waals surface area contributed by atoms with Gasteiger partial charge in [-0.05, 0) is 31.7 Å². The van der Waals surface area contributed by atoms with E-state index in [1.54, 1.807) is 18.9 Å². The Morgan fingerprint density at radius 3 is 2.60 bits per heavy atom. The molecule has 1 N–H and O–H groups in total. The summed E-state index contributed by atoms with van der Waals surface area (Å²) in [6.07, 6.45) is 0. The van der Waals surface area contributed by atoms with E-state index < -0.39 is 0 Å². The molecule has 1 aromatic heterocycles. The molecule has 106 valence electrons. The van der Waals surface area contributed by atoms with Crippen molar-refractivity contribution in [2.24, 2.45) is 0 Å². The van der Waals surface area contributed by atoms with Gasteiger partial charge in [-0.25, -0.2) is 0 Å². The molecule has 1 aromatic carbocycles. The number of benzene rings is 1. The molecule has 2 aromatic rings. The molecule has 0 saturated carbocycles. The Balaban J connectivity index is 1.99. The quantitative estimate of drug-likeness (QED) is 0.826. The smallest absolute Gasteiger partial charge is 0.122 e. The van der Waals surface area contributed by atoms with Crippen molar-refractivity contribution in [3.63, 3.8) is 0 Å².